The van der Waals surface area contributed by atoms with E-state index in [1.54, 1.807) is 0 Å². The van der Waals surface area contributed by atoms with Gasteiger partial charge in [-0.1, -0.05) is 12.8 Å². The molecule has 0 bridgehead atoms. The Labute approximate surface area is 96.0 Å². The fourth-order valence-corrected chi connectivity index (χ4v) is 1.25. The molecular formula is C10H9BrN2O2. The minimum atomic E-state index is -0.478. The first-order chi connectivity index (χ1) is 7.15. The van der Waals surface area contributed by atoms with E-state index in [2.05, 4.69) is 32.8 Å². The van der Waals surface area contributed by atoms with E-state index in [9.17, 15) is 10.1 Å². The van der Waals surface area contributed by atoms with Crippen molar-refractivity contribution < 1.29 is 4.92 Å². The predicted octanol–water partition coefficient (Wildman–Crippen LogP) is 2.90. The van der Waals surface area contributed by atoms with Gasteiger partial charge in [-0.3, -0.25) is 10.1 Å². The Balaban J connectivity index is 3.08. The standard InChI is InChI=1S/C10H9BrN2O2/c1-2-3-4-5-9-10(13(14)15)6-8(11)7-12-9/h6-7H,2-3H2,1H3. The Morgan fingerprint density at radius 3 is 3.00 bits per heavy atom. The smallest absolute Gasteiger partial charge is 0.258 e. The molecule has 0 saturated heterocycles. The van der Waals surface area contributed by atoms with Crippen LogP contribution in [0.3, 0.4) is 0 Å². The summed E-state index contributed by atoms with van der Waals surface area (Å²) in [6.07, 6.45) is 3.15. The number of aromatic nitrogens is 1. The van der Waals surface area contributed by atoms with E-state index >= 15 is 0 Å². The maximum atomic E-state index is 10.7. The monoisotopic (exact) mass is 268 g/mol. The van der Waals surface area contributed by atoms with Gasteiger partial charge in [0, 0.05) is 23.2 Å². The van der Waals surface area contributed by atoms with Crippen LogP contribution in [0.1, 0.15) is 25.5 Å². The Bertz CT molecular complexity index is 435. The van der Waals surface area contributed by atoms with Crippen molar-refractivity contribution in [1.82, 2.24) is 4.98 Å². The van der Waals surface area contributed by atoms with Gasteiger partial charge in [0.15, 0.2) is 5.69 Å². The molecule has 0 aromatic carbocycles. The van der Waals surface area contributed by atoms with Crippen LogP contribution in [0.4, 0.5) is 5.69 Å². The van der Waals surface area contributed by atoms with Crippen molar-refractivity contribution >= 4 is 21.6 Å². The maximum Gasteiger partial charge on any atom is 0.304 e. The summed E-state index contributed by atoms with van der Waals surface area (Å²) in [5, 5.41) is 10.7. The van der Waals surface area contributed by atoms with Gasteiger partial charge in [0.2, 0.25) is 0 Å². The molecule has 0 fully saturated rings. The molecule has 15 heavy (non-hydrogen) atoms. The van der Waals surface area contributed by atoms with E-state index in [1.807, 2.05) is 6.92 Å². The highest BCUT2D eigenvalue weighted by molar-refractivity contribution is 9.10. The third-order valence-electron chi connectivity index (χ3n) is 1.61. The minimum absolute atomic E-state index is 0.0621. The summed E-state index contributed by atoms with van der Waals surface area (Å²) in [6, 6.07) is 1.41. The number of halogens is 1. The van der Waals surface area contributed by atoms with E-state index in [1.165, 1.54) is 12.3 Å². The molecule has 1 aromatic heterocycles. The highest BCUT2D eigenvalue weighted by atomic mass is 79.9. The first-order valence-corrected chi connectivity index (χ1v) is 5.23. The van der Waals surface area contributed by atoms with Crippen LogP contribution in [0, 0.1) is 22.0 Å². The van der Waals surface area contributed by atoms with Gasteiger partial charge in [-0.25, -0.2) is 4.98 Å². The van der Waals surface area contributed by atoms with Crippen molar-refractivity contribution in [3.63, 3.8) is 0 Å². The fraction of sp³-hybridized carbons (Fsp3) is 0.300. The van der Waals surface area contributed by atoms with Crippen LogP contribution in [0.5, 0.6) is 0 Å². The normalized spacial score (nSPS) is 9.20. The number of rotatable bonds is 2. The lowest BCUT2D eigenvalue weighted by Gasteiger charge is -1.94. The highest BCUT2D eigenvalue weighted by Crippen LogP contribution is 2.20. The fourth-order valence-electron chi connectivity index (χ4n) is 0.935. The molecule has 0 radical (unpaired) electrons. The second kappa shape index (κ2) is 5.47. The highest BCUT2D eigenvalue weighted by Gasteiger charge is 2.13. The van der Waals surface area contributed by atoms with Crippen LogP contribution in [0.15, 0.2) is 16.7 Å². The lowest BCUT2D eigenvalue weighted by Crippen LogP contribution is -1.94. The number of unbranched alkanes of at least 4 members (excludes halogenated alkanes) is 1. The summed E-state index contributed by atoms with van der Waals surface area (Å²) in [4.78, 5) is 14.1. The molecule has 0 amide bonds. The molecule has 78 valence electrons. The Morgan fingerprint density at radius 2 is 2.40 bits per heavy atom. The average molecular weight is 269 g/mol. The molecule has 4 nitrogen and oxygen atoms in total. The topological polar surface area (TPSA) is 56.0 Å². The van der Waals surface area contributed by atoms with Crippen LogP contribution in [-0.4, -0.2) is 9.91 Å². The van der Waals surface area contributed by atoms with Crippen molar-refractivity contribution in [2.75, 3.05) is 0 Å². The first-order valence-electron chi connectivity index (χ1n) is 4.44. The van der Waals surface area contributed by atoms with Gasteiger partial charge in [0.25, 0.3) is 0 Å². The van der Waals surface area contributed by atoms with Crippen molar-refractivity contribution in [2.45, 2.75) is 19.8 Å². The van der Waals surface area contributed by atoms with Crippen molar-refractivity contribution in [3.8, 4) is 11.8 Å². The van der Waals surface area contributed by atoms with Crippen LogP contribution >= 0.6 is 15.9 Å². The van der Waals surface area contributed by atoms with Gasteiger partial charge in [-0.2, -0.15) is 0 Å². The second-order valence-corrected chi connectivity index (χ2v) is 3.75. The number of hydrogen-bond donors (Lipinski definition) is 0. The summed E-state index contributed by atoms with van der Waals surface area (Å²) in [5.41, 5.74) is 0.157. The maximum absolute atomic E-state index is 10.7. The lowest BCUT2D eigenvalue weighted by atomic mass is 10.3. The molecule has 1 aromatic rings. The molecule has 0 N–H and O–H groups in total. The van der Waals surface area contributed by atoms with Gasteiger partial charge < -0.3 is 0 Å². The molecule has 1 rings (SSSR count). The van der Waals surface area contributed by atoms with E-state index in [-0.39, 0.29) is 11.4 Å². The molecule has 5 heteroatoms. The summed E-state index contributed by atoms with van der Waals surface area (Å²) in [6.45, 7) is 2.00. The van der Waals surface area contributed by atoms with Crippen LogP contribution in [-0.2, 0) is 0 Å². The zero-order valence-electron chi connectivity index (χ0n) is 8.16. The van der Waals surface area contributed by atoms with Crippen LogP contribution in [0.25, 0.3) is 0 Å². The summed E-state index contributed by atoms with van der Waals surface area (Å²) < 4.78 is 0.579. The molecular weight excluding hydrogens is 260 g/mol. The largest absolute Gasteiger partial charge is 0.304 e. The van der Waals surface area contributed by atoms with Gasteiger partial charge in [-0.05, 0) is 28.3 Å². The minimum Gasteiger partial charge on any atom is -0.258 e. The van der Waals surface area contributed by atoms with E-state index in [4.69, 9.17) is 0 Å². The Kier molecular flexibility index (Phi) is 4.25. The van der Waals surface area contributed by atoms with E-state index in [0.29, 0.717) is 4.47 Å². The van der Waals surface area contributed by atoms with Gasteiger partial charge in [-0.15, -0.1) is 0 Å². The second-order valence-electron chi connectivity index (χ2n) is 2.83. The van der Waals surface area contributed by atoms with Crippen molar-refractivity contribution in [3.05, 3.63) is 32.5 Å². The molecule has 0 aliphatic carbocycles. The molecule has 0 saturated carbocycles. The van der Waals surface area contributed by atoms with E-state index in [0.717, 1.165) is 12.8 Å². The molecule has 0 aliphatic heterocycles. The van der Waals surface area contributed by atoms with E-state index < -0.39 is 4.92 Å². The summed E-state index contributed by atoms with van der Waals surface area (Å²) >= 11 is 3.13. The lowest BCUT2D eigenvalue weighted by molar-refractivity contribution is -0.385. The SMILES string of the molecule is CCCC#Cc1ncc(Br)cc1[N+](=O)[O-]. The number of hydrogen-bond acceptors (Lipinski definition) is 3. The Hall–Kier alpha value is -1.41. The molecule has 0 unspecified atom stereocenters. The third-order valence-corrected chi connectivity index (χ3v) is 2.05. The van der Waals surface area contributed by atoms with Crippen LogP contribution < -0.4 is 0 Å². The average Bonchev–Trinajstić information content (AvgIpc) is 2.20. The number of pyridine rings is 1. The number of nitro groups is 1. The summed E-state index contributed by atoms with van der Waals surface area (Å²) in [7, 11) is 0. The molecule has 0 spiro atoms. The van der Waals surface area contributed by atoms with Crippen molar-refractivity contribution in [1.29, 1.82) is 0 Å². The first kappa shape index (κ1) is 11.7. The predicted molar refractivity (Wildman–Crippen MR) is 60.4 cm³/mol. The van der Waals surface area contributed by atoms with Crippen molar-refractivity contribution in [2.24, 2.45) is 0 Å². The zero-order chi connectivity index (χ0) is 11.3. The molecule has 0 aliphatic rings. The molecule has 1 heterocycles. The zero-order valence-corrected chi connectivity index (χ0v) is 9.74. The van der Waals surface area contributed by atoms with Gasteiger partial charge >= 0.3 is 5.69 Å². The molecule has 0 atom stereocenters. The van der Waals surface area contributed by atoms with Gasteiger partial charge in [0.1, 0.15) is 0 Å². The quantitative estimate of drug-likeness (QED) is 0.471. The van der Waals surface area contributed by atoms with Gasteiger partial charge in [0.05, 0.1) is 4.92 Å². The third kappa shape index (κ3) is 3.33. The number of nitrogens with zero attached hydrogens (tertiary/aromatic N) is 2. The summed E-state index contributed by atoms with van der Waals surface area (Å²) in [5.74, 6) is 5.53. The van der Waals surface area contributed by atoms with Crippen LogP contribution in [0.2, 0.25) is 0 Å². The Morgan fingerprint density at radius 1 is 1.67 bits per heavy atom.